The van der Waals surface area contributed by atoms with Crippen molar-refractivity contribution in [3.8, 4) is 0 Å². The van der Waals surface area contributed by atoms with Crippen molar-refractivity contribution in [1.29, 1.82) is 0 Å². The molecule has 5 nitrogen and oxygen atoms in total. The lowest BCUT2D eigenvalue weighted by Crippen LogP contribution is -2.42. The molecule has 0 radical (unpaired) electrons. The lowest BCUT2D eigenvalue weighted by atomic mass is 10.1. The average Bonchev–Trinajstić information content (AvgIpc) is 3.08. The molecule has 0 aromatic carbocycles. The van der Waals surface area contributed by atoms with Crippen LogP contribution in [0.15, 0.2) is 28.2 Å². The highest BCUT2D eigenvalue weighted by molar-refractivity contribution is 7.09. The van der Waals surface area contributed by atoms with Gasteiger partial charge in [0.15, 0.2) is 0 Å². The quantitative estimate of drug-likeness (QED) is 0.784. The topological polar surface area (TPSA) is 67.5 Å². The summed E-state index contributed by atoms with van der Waals surface area (Å²) >= 11 is 1.63. The zero-order chi connectivity index (χ0) is 15.3. The Balaban J connectivity index is 1.71. The first-order valence-electron chi connectivity index (χ1n) is 6.93. The third-order valence-electron chi connectivity index (χ3n) is 3.07. The molecule has 0 aliphatic carbocycles. The first-order valence-corrected chi connectivity index (χ1v) is 7.81. The van der Waals surface area contributed by atoms with Crippen LogP contribution in [0.4, 0.5) is 0 Å². The molecule has 2 rings (SSSR count). The molecule has 0 fully saturated rings. The zero-order valence-electron chi connectivity index (χ0n) is 12.6. The number of ether oxygens (including phenoxy) is 1. The molecular weight excluding hydrogens is 288 g/mol. The Hall–Kier alpha value is -1.21. The second-order valence-electron chi connectivity index (χ2n) is 5.55. The molecular formula is C15H22N2O3S. The molecule has 2 N–H and O–H groups in total. The van der Waals surface area contributed by atoms with E-state index in [0.29, 0.717) is 13.2 Å². The van der Waals surface area contributed by atoms with Gasteiger partial charge in [0.05, 0.1) is 24.5 Å². The first-order chi connectivity index (χ1) is 9.97. The fourth-order valence-electron chi connectivity index (χ4n) is 1.84. The average molecular weight is 310 g/mol. The summed E-state index contributed by atoms with van der Waals surface area (Å²) in [6, 6.07) is 3.66. The highest BCUT2D eigenvalue weighted by Crippen LogP contribution is 2.23. The molecule has 2 aromatic rings. The van der Waals surface area contributed by atoms with Crippen LogP contribution >= 0.6 is 11.3 Å². The number of aromatic nitrogens is 1. The van der Waals surface area contributed by atoms with Crippen molar-refractivity contribution in [3.63, 3.8) is 0 Å². The monoisotopic (exact) mass is 310 g/mol. The molecule has 1 unspecified atom stereocenters. The molecule has 2 heterocycles. The predicted octanol–water partition coefficient (Wildman–Crippen LogP) is 2.45. The van der Waals surface area contributed by atoms with E-state index in [1.165, 1.54) is 0 Å². The number of aliphatic hydroxyl groups excluding tert-OH is 1. The summed E-state index contributed by atoms with van der Waals surface area (Å²) in [6.45, 7) is 7.18. The second-order valence-corrected chi connectivity index (χ2v) is 6.41. The number of furan rings is 1. The van der Waals surface area contributed by atoms with Crippen LogP contribution < -0.4 is 5.32 Å². The molecule has 0 aliphatic heterocycles. The number of hydrogen-bond acceptors (Lipinski definition) is 6. The lowest BCUT2D eigenvalue weighted by Gasteiger charge is -2.25. The Kier molecular flexibility index (Phi) is 5.52. The summed E-state index contributed by atoms with van der Waals surface area (Å²) in [5.74, 6) is 0.758. The maximum Gasteiger partial charge on any atom is 0.129 e. The Labute approximate surface area is 129 Å². The normalized spacial score (nSPS) is 13.5. The number of aryl methyl sites for hydroxylation is 1. The van der Waals surface area contributed by atoms with Crippen LogP contribution in [0.2, 0.25) is 0 Å². The highest BCUT2D eigenvalue weighted by atomic mass is 32.1. The summed E-state index contributed by atoms with van der Waals surface area (Å²) in [5.41, 5.74) is 0.758. The SMILES string of the molecule is Cc1csc(C(C)(C)NCC(O)COCc2ccco2)n1. The molecule has 2 aromatic heterocycles. The largest absolute Gasteiger partial charge is 0.467 e. The first kappa shape index (κ1) is 16.2. The van der Waals surface area contributed by atoms with E-state index in [1.807, 2.05) is 24.4 Å². The van der Waals surface area contributed by atoms with Gasteiger partial charge >= 0.3 is 0 Å². The van der Waals surface area contributed by atoms with Gasteiger partial charge in [-0.2, -0.15) is 0 Å². The highest BCUT2D eigenvalue weighted by Gasteiger charge is 2.24. The van der Waals surface area contributed by atoms with Crippen LogP contribution in [0.25, 0.3) is 0 Å². The molecule has 21 heavy (non-hydrogen) atoms. The van der Waals surface area contributed by atoms with Crippen molar-refractivity contribution < 1.29 is 14.3 Å². The Morgan fingerprint density at radius 3 is 2.95 bits per heavy atom. The molecule has 6 heteroatoms. The number of aliphatic hydroxyl groups is 1. The summed E-state index contributed by atoms with van der Waals surface area (Å²) in [4.78, 5) is 4.49. The second kappa shape index (κ2) is 7.17. The van der Waals surface area contributed by atoms with Crippen molar-refractivity contribution in [2.24, 2.45) is 0 Å². The van der Waals surface area contributed by atoms with Crippen LogP contribution in [-0.4, -0.2) is 29.3 Å². The van der Waals surface area contributed by atoms with Crippen LogP contribution in [0, 0.1) is 6.92 Å². The van der Waals surface area contributed by atoms with E-state index in [4.69, 9.17) is 9.15 Å². The molecule has 1 atom stereocenters. The smallest absolute Gasteiger partial charge is 0.129 e. The number of rotatable bonds is 8. The van der Waals surface area contributed by atoms with E-state index in [1.54, 1.807) is 17.6 Å². The molecule has 116 valence electrons. The fourth-order valence-corrected chi connectivity index (χ4v) is 2.74. The van der Waals surface area contributed by atoms with Crippen LogP contribution in [0.1, 0.15) is 30.3 Å². The molecule has 0 bridgehead atoms. The van der Waals surface area contributed by atoms with Gasteiger partial charge in [0.2, 0.25) is 0 Å². The third-order valence-corrected chi connectivity index (χ3v) is 4.35. The number of hydrogen-bond donors (Lipinski definition) is 2. The van der Waals surface area contributed by atoms with E-state index < -0.39 is 6.10 Å². The van der Waals surface area contributed by atoms with E-state index >= 15 is 0 Å². The minimum absolute atomic E-state index is 0.263. The van der Waals surface area contributed by atoms with Gasteiger partial charge in [-0.15, -0.1) is 11.3 Å². The lowest BCUT2D eigenvalue weighted by molar-refractivity contribution is 0.0197. The van der Waals surface area contributed by atoms with Crippen molar-refractivity contribution >= 4 is 11.3 Å². The van der Waals surface area contributed by atoms with Gasteiger partial charge in [-0.1, -0.05) is 0 Å². The maximum absolute atomic E-state index is 9.96. The summed E-state index contributed by atoms with van der Waals surface area (Å²) in [5, 5.41) is 16.3. The predicted molar refractivity (Wildman–Crippen MR) is 82.3 cm³/mol. The van der Waals surface area contributed by atoms with Gasteiger partial charge in [0.25, 0.3) is 0 Å². The Morgan fingerprint density at radius 1 is 1.52 bits per heavy atom. The maximum atomic E-state index is 9.96. The third kappa shape index (κ3) is 4.93. The minimum atomic E-state index is -0.569. The molecule has 0 aliphatic rings. The van der Waals surface area contributed by atoms with Gasteiger partial charge in [0.1, 0.15) is 17.4 Å². The van der Waals surface area contributed by atoms with Gasteiger partial charge in [0, 0.05) is 17.6 Å². The van der Waals surface area contributed by atoms with Crippen molar-refractivity contribution in [3.05, 3.63) is 40.2 Å². The van der Waals surface area contributed by atoms with E-state index in [0.717, 1.165) is 16.5 Å². The molecule has 0 spiro atoms. The minimum Gasteiger partial charge on any atom is -0.467 e. The van der Waals surface area contributed by atoms with Crippen LogP contribution in [-0.2, 0) is 16.9 Å². The van der Waals surface area contributed by atoms with Crippen molar-refractivity contribution in [2.75, 3.05) is 13.2 Å². The van der Waals surface area contributed by atoms with Gasteiger partial charge in [-0.25, -0.2) is 4.98 Å². The molecule has 0 amide bonds. The summed E-state index contributed by atoms with van der Waals surface area (Å²) < 4.78 is 10.6. The van der Waals surface area contributed by atoms with E-state index in [9.17, 15) is 5.11 Å². The van der Waals surface area contributed by atoms with E-state index in [2.05, 4.69) is 24.1 Å². The van der Waals surface area contributed by atoms with Crippen molar-refractivity contribution in [2.45, 2.75) is 39.0 Å². The van der Waals surface area contributed by atoms with E-state index in [-0.39, 0.29) is 12.1 Å². The Morgan fingerprint density at radius 2 is 2.33 bits per heavy atom. The van der Waals surface area contributed by atoms with Crippen LogP contribution in [0.5, 0.6) is 0 Å². The number of nitrogens with one attached hydrogen (secondary N) is 1. The zero-order valence-corrected chi connectivity index (χ0v) is 13.4. The molecule has 0 saturated heterocycles. The van der Waals surface area contributed by atoms with Crippen LogP contribution in [0.3, 0.4) is 0 Å². The molecule has 0 saturated carbocycles. The van der Waals surface area contributed by atoms with Crippen molar-refractivity contribution in [1.82, 2.24) is 10.3 Å². The Bertz CT molecular complexity index is 537. The number of nitrogens with zero attached hydrogens (tertiary/aromatic N) is 1. The number of thiazole rings is 1. The van der Waals surface area contributed by atoms with Gasteiger partial charge in [-0.3, -0.25) is 0 Å². The summed E-state index contributed by atoms with van der Waals surface area (Å²) in [6.07, 6.45) is 1.04. The summed E-state index contributed by atoms with van der Waals surface area (Å²) in [7, 11) is 0. The standard InChI is InChI=1S/C15H22N2O3S/c1-11-10-21-14(17-11)15(2,3)16-7-12(18)8-19-9-13-5-4-6-20-13/h4-6,10,12,16,18H,7-9H2,1-3H3. The fraction of sp³-hybridized carbons (Fsp3) is 0.533. The van der Waals surface area contributed by atoms with Gasteiger partial charge < -0.3 is 19.6 Å². The van der Waals surface area contributed by atoms with Gasteiger partial charge in [-0.05, 0) is 32.9 Å².